The van der Waals surface area contributed by atoms with Gasteiger partial charge in [-0.1, -0.05) is 49.3 Å². The number of likely N-dealkylation sites (tertiary alicyclic amines) is 1. The maximum Gasteiger partial charge on any atom is 0.191 e. The predicted octanol–water partition coefficient (Wildman–Crippen LogP) is 3.52. The minimum atomic E-state index is 0.366. The van der Waals surface area contributed by atoms with Crippen molar-refractivity contribution in [1.82, 2.24) is 20.7 Å². The summed E-state index contributed by atoms with van der Waals surface area (Å²) < 4.78 is 5.40. The van der Waals surface area contributed by atoms with Crippen LogP contribution in [0, 0.1) is 0 Å². The van der Waals surface area contributed by atoms with Crippen LogP contribution >= 0.6 is 0 Å². The lowest BCUT2D eigenvalue weighted by Gasteiger charge is -2.25. The largest absolute Gasteiger partial charge is 0.359 e. The van der Waals surface area contributed by atoms with Crippen LogP contribution in [0.5, 0.6) is 0 Å². The molecule has 1 saturated heterocycles. The van der Waals surface area contributed by atoms with Gasteiger partial charge in [-0.05, 0) is 37.8 Å². The molecule has 0 amide bonds. The van der Waals surface area contributed by atoms with Crippen molar-refractivity contribution in [2.45, 2.75) is 58.7 Å². The minimum absolute atomic E-state index is 0.366. The van der Waals surface area contributed by atoms with Gasteiger partial charge < -0.3 is 15.2 Å². The molecule has 2 N–H and O–H groups in total. The Hall–Kier alpha value is -2.34. The number of guanidine groups is 1. The van der Waals surface area contributed by atoms with Crippen LogP contribution in [0.3, 0.4) is 0 Å². The first-order valence-corrected chi connectivity index (χ1v) is 10.4. The van der Waals surface area contributed by atoms with Crippen LogP contribution in [-0.2, 0) is 13.1 Å². The highest BCUT2D eigenvalue weighted by Crippen LogP contribution is 2.19. The van der Waals surface area contributed by atoms with Crippen molar-refractivity contribution in [3.8, 4) is 0 Å². The summed E-state index contributed by atoms with van der Waals surface area (Å²) in [6, 6.07) is 13.2. The summed E-state index contributed by atoms with van der Waals surface area (Å²) in [6.45, 7) is 10.7. The van der Waals surface area contributed by atoms with Crippen LogP contribution in [0.4, 0.5) is 0 Å². The van der Waals surface area contributed by atoms with Crippen molar-refractivity contribution in [3.63, 3.8) is 0 Å². The third-order valence-corrected chi connectivity index (χ3v) is 5.14. The molecule has 152 valence electrons. The topological polar surface area (TPSA) is 65.7 Å². The number of rotatable bonds is 8. The van der Waals surface area contributed by atoms with Gasteiger partial charge in [0, 0.05) is 31.7 Å². The first-order valence-electron chi connectivity index (χ1n) is 10.4. The summed E-state index contributed by atoms with van der Waals surface area (Å²) in [4.78, 5) is 7.24. The van der Waals surface area contributed by atoms with E-state index in [0.29, 0.717) is 18.5 Å². The summed E-state index contributed by atoms with van der Waals surface area (Å²) >= 11 is 0. The molecule has 0 radical (unpaired) electrons. The van der Waals surface area contributed by atoms with Crippen molar-refractivity contribution in [3.05, 3.63) is 53.4 Å². The molecule has 28 heavy (non-hydrogen) atoms. The zero-order chi connectivity index (χ0) is 19.8. The van der Waals surface area contributed by atoms with Gasteiger partial charge in [-0.2, -0.15) is 0 Å². The van der Waals surface area contributed by atoms with Gasteiger partial charge in [-0.3, -0.25) is 4.90 Å². The van der Waals surface area contributed by atoms with Crippen LogP contribution < -0.4 is 10.6 Å². The van der Waals surface area contributed by atoms with Gasteiger partial charge in [-0.15, -0.1) is 0 Å². The summed E-state index contributed by atoms with van der Waals surface area (Å²) in [5, 5.41) is 10.9. The Morgan fingerprint density at radius 2 is 2.11 bits per heavy atom. The lowest BCUT2D eigenvalue weighted by Crippen LogP contribution is -2.44. The van der Waals surface area contributed by atoms with Crippen LogP contribution in [0.2, 0.25) is 0 Å². The molecule has 0 bridgehead atoms. The molecule has 2 aromatic rings. The van der Waals surface area contributed by atoms with E-state index in [1.807, 2.05) is 6.07 Å². The second-order valence-corrected chi connectivity index (χ2v) is 7.70. The minimum Gasteiger partial charge on any atom is -0.359 e. The van der Waals surface area contributed by atoms with Crippen molar-refractivity contribution in [2.24, 2.45) is 4.99 Å². The smallest absolute Gasteiger partial charge is 0.191 e. The quantitative estimate of drug-likeness (QED) is 0.539. The molecule has 1 atom stereocenters. The van der Waals surface area contributed by atoms with E-state index in [1.54, 1.807) is 0 Å². The molecule has 6 heteroatoms. The average molecular weight is 384 g/mol. The molecule has 1 aliphatic rings. The Kier molecular flexibility index (Phi) is 7.48. The second kappa shape index (κ2) is 10.3. The van der Waals surface area contributed by atoms with E-state index in [9.17, 15) is 0 Å². The van der Waals surface area contributed by atoms with E-state index in [1.165, 1.54) is 18.4 Å². The van der Waals surface area contributed by atoms with Crippen molar-refractivity contribution in [2.75, 3.05) is 19.6 Å². The SMILES string of the molecule is CCNC(=NCc1cc(C(C)C)no1)NCC1CCCN1Cc1ccccc1. The van der Waals surface area contributed by atoms with Gasteiger partial charge in [0.15, 0.2) is 11.7 Å². The van der Waals surface area contributed by atoms with E-state index in [2.05, 4.69) is 76.8 Å². The highest BCUT2D eigenvalue weighted by Gasteiger charge is 2.24. The summed E-state index contributed by atoms with van der Waals surface area (Å²) in [5.41, 5.74) is 2.35. The standard InChI is InChI=1S/C22H33N5O/c1-4-23-22(25-15-20-13-21(17(2)3)26-28-20)24-14-19-11-8-12-27(19)16-18-9-6-5-7-10-18/h5-7,9-10,13,17,19H,4,8,11-12,14-16H2,1-3H3,(H2,23,24,25). The molecule has 1 aromatic carbocycles. The number of nitrogens with zero attached hydrogens (tertiary/aromatic N) is 3. The third kappa shape index (κ3) is 5.83. The maximum atomic E-state index is 5.40. The molecule has 1 fully saturated rings. The van der Waals surface area contributed by atoms with Crippen LogP contribution in [-0.4, -0.2) is 41.7 Å². The van der Waals surface area contributed by atoms with Gasteiger partial charge in [0.25, 0.3) is 0 Å². The average Bonchev–Trinajstić information content (AvgIpc) is 3.34. The highest BCUT2D eigenvalue weighted by molar-refractivity contribution is 5.79. The number of benzene rings is 1. The fourth-order valence-corrected chi connectivity index (χ4v) is 3.54. The molecular weight excluding hydrogens is 350 g/mol. The first-order chi connectivity index (χ1) is 13.7. The van der Waals surface area contributed by atoms with Gasteiger partial charge in [0.1, 0.15) is 6.54 Å². The molecule has 6 nitrogen and oxygen atoms in total. The predicted molar refractivity (Wildman–Crippen MR) is 113 cm³/mol. The van der Waals surface area contributed by atoms with Gasteiger partial charge in [0.2, 0.25) is 0 Å². The maximum absolute atomic E-state index is 5.40. The lowest BCUT2D eigenvalue weighted by molar-refractivity contribution is 0.245. The molecule has 2 heterocycles. The van der Waals surface area contributed by atoms with Crippen molar-refractivity contribution >= 4 is 5.96 Å². The Bertz CT molecular complexity index is 740. The Morgan fingerprint density at radius 1 is 1.29 bits per heavy atom. The molecular formula is C22H33N5O. The van der Waals surface area contributed by atoms with Crippen LogP contribution in [0.1, 0.15) is 56.5 Å². The molecule has 1 unspecified atom stereocenters. The van der Waals surface area contributed by atoms with E-state index >= 15 is 0 Å². The van der Waals surface area contributed by atoms with Crippen molar-refractivity contribution in [1.29, 1.82) is 0 Å². The fourth-order valence-electron chi connectivity index (χ4n) is 3.54. The number of nitrogens with one attached hydrogen (secondary N) is 2. The molecule has 1 aliphatic heterocycles. The number of aliphatic imine (C=N–C) groups is 1. The zero-order valence-corrected chi connectivity index (χ0v) is 17.3. The summed E-state index contributed by atoms with van der Waals surface area (Å²) in [6.07, 6.45) is 2.47. The first kappa shape index (κ1) is 20.4. The Balaban J connectivity index is 1.54. The molecule has 1 aromatic heterocycles. The molecule has 0 aliphatic carbocycles. The lowest BCUT2D eigenvalue weighted by atomic mass is 10.1. The zero-order valence-electron chi connectivity index (χ0n) is 17.3. The molecule has 3 rings (SSSR count). The summed E-state index contributed by atoms with van der Waals surface area (Å²) in [7, 11) is 0. The van der Waals surface area contributed by atoms with E-state index in [0.717, 1.165) is 43.6 Å². The second-order valence-electron chi connectivity index (χ2n) is 7.70. The van der Waals surface area contributed by atoms with Crippen LogP contribution in [0.15, 0.2) is 45.9 Å². The van der Waals surface area contributed by atoms with E-state index in [4.69, 9.17) is 4.52 Å². The number of aromatic nitrogens is 1. The Morgan fingerprint density at radius 3 is 2.82 bits per heavy atom. The highest BCUT2D eigenvalue weighted by atomic mass is 16.5. The van der Waals surface area contributed by atoms with Gasteiger partial charge >= 0.3 is 0 Å². The fraction of sp³-hybridized carbons (Fsp3) is 0.545. The van der Waals surface area contributed by atoms with Gasteiger partial charge in [0.05, 0.1) is 5.69 Å². The van der Waals surface area contributed by atoms with Crippen molar-refractivity contribution < 1.29 is 4.52 Å². The Labute approximate surface area is 168 Å². The third-order valence-electron chi connectivity index (χ3n) is 5.14. The molecule has 0 spiro atoms. The van der Waals surface area contributed by atoms with Crippen LogP contribution in [0.25, 0.3) is 0 Å². The van der Waals surface area contributed by atoms with E-state index in [-0.39, 0.29) is 0 Å². The van der Waals surface area contributed by atoms with E-state index < -0.39 is 0 Å². The van der Waals surface area contributed by atoms with Gasteiger partial charge in [-0.25, -0.2) is 4.99 Å². The normalized spacial score (nSPS) is 18.0. The monoisotopic (exact) mass is 383 g/mol. The molecule has 0 saturated carbocycles. The number of hydrogen-bond donors (Lipinski definition) is 2. The summed E-state index contributed by atoms with van der Waals surface area (Å²) in [5.74, 6) is 2.00. The number of hydrogen-bond acceptors (Lipinski definition) is 4.